The van der Waals surface area contributed by atoms with Gasteiger partial charge >= 0.3 is 0 Å². The van der Waals surface area contributed by atoms with Gasteiger partial charge in [-0.2, -0.15) is 5.26 Å². The molecule has 18 heavy (non-hydrogen) atoms. The molecule has 0 aliphatic rings. The molecule has 2 aromatic rings. The molecule has 2 N–H and O–H groups in total. The summed E-state index contributed by atoms with van der Waals surface area (Å²) in [5, 5.41) is 11.6. The maximum Gasteiger partial charge on any atom is 0.242 e. The van der Waals surface area contributed by atoms with E-state index in [1.165, 1.54) is 0 Å². The number of hydrogen-bond donors (Lipinski definition) is 2. The van der Waals surface area contributed by atoms with Gasteiger partial charge in [-0.1, -0.05) is 6.07 Å². The Morgan fingerprint density at radius 3 is 2.94 bits per heavy atom. The number of nitriles is 1. The van der Waals surface area contributed by atoms with Crippen LogP contribution in [0, 0.1) is 16.1 Å². The molecule has 2 rings (SSSR count). The molecule has 92 valence electrons. The Morgan fingerprint density at radius 1 is 1.61 bits per heavy atom. The van der Waals surface area contributed by atoms with Crippen molar-refractivity contribution in [2.45, 2.75) is 13.0 Å². The van der Waals surface area contributed by atoms with Crippen molar-refractivity contribution in [2.24, 2.45) is 0 Å². The minimum Gasteiger partial charge on any atom is -0.357 e. The number of fused-ring (bicyclic) bond motifs is 1. The molecule has 0 aliphatic heterocycles. The zero-order valence-electron chi connectivity index (χ0n) is 10.0. The third-order valence-electron chi connectivity index (χ3n) is 2.89. The summed E-state index contributed by atoms with van der Waals surface area (Å²) in [4.78, 5) is 14.7. The fourth-order valence-electron chi connectivity index (χ4n) is 1.95. The van der Waals surface area contributed by atoms with Crippen molar-refractivity contribution in [3.8, 4) is 6.07 Å². The van der Waals surface area contributed by atoms with E-state index >= 15 is 0 Å². The van der Waals surface area contributed by atoms with E-state index in [0.717, 1.165) is 5.52 Å². The third kappa shape index (κ3) is 1.79. The number of nitrogens with zero attached hydrogens (tertiary/aromatic N) is 2. The first kappa shape index (κ1) is 12.3. The van der Waals surface area contributed by atoms with Gasteiger partial charge in [-0.15, -0.1) is 0 Å². The van der Waals surface area contributed by atoms with Crippen molar-refractivity contribution >= 4 is 29.2 Å². The highest BCUT2D eigenvalue weighted by Crippen LogP contribution is 2.21. The predicted octanol–water partition coefficient (Wildman–Crippen LogP) is 1.88. The summed E-state index contributed by atoms with van der Waals surface area (Å²) in [6, 6.07) is 7.00. The molecule has 0 bridgehead atoms. The Bertz CT molecular complexity index is 707. The lowest BCUT2D eigenvalue weighted by Gasteiger charge is -2.12. The first-order valence-electron chi connectivity index (χ1n) is 5.45. The Kier molecular flexibility index (Phi) is 3.17. The topological polar surface area (TPSA) is 73.6 Å². The van der Waals surface area contributed by atoms with Gasteiger partial charge in [0.1, 0.15) is 12.1 Å². The number of carbonyl (C=O) groups is 1. The second-order valence-corrected chi connectivity index (χ2v) is 4.29. The summed E-state index contributed by atoms with van der Waals surface area (Å²) in [6.07, 6.45) is 0. The first-order chi connectivity index (χ1) is 8.60. The van der Waals surface area contributed by atoms with E-state index in [1.54, 1.807) is 30.7 Å². The standard InChI is InChI=1S/C12H12N4OS/c1-7(11(17)14-2)16-9-5-3-4-8(6-13)10(9)15-12(16)18/h3-5,7H,1-2H3,(H,14,17)(H,15,18). The molecule has 1 atom stereocenters. The van der Waals surface area contributed by atoms with Crippen LogP contribution in [0.1, 0.15) is 18.5 Å². The second kappa shape index (κ2) is 4.63. The van der Waals surface area contributed by atoms with Crippen molar-refractivity contribution in [2.75, 3.05) is 7.05 Å². The molecule has 1 aromatic carbocycles. The molecular formula is C12H12N4OS. The normalized spacial score (nSPS) is 12.1. The quantitative estimate of drug-likeness (QED) is 0.810. The SMILES string of the molecule is CNC(=O)C(C)n1c(=S)[nH]c2c(C#N)cccc21. The van der Waals surface area contributed by atoms with Crippen molar-refractivity contribution in [1.29, 1.82) is 5.26 Å². The average molecular weight is 260 g/mol. The van der Waals surface area contributed by atoms with Gasteiger partial charge in [0, 0.05) is 7.05 Å². The van der Waals surface area contributed by atoms with Crippen molar-refractivity contribution in [1.82, 2.24) is 14.9 Å². The average Bonchev–Trinajstić information content (AvgIpc) is 2.72. The molecule has 0 spiro atoms. The first-order valence-corrected chi connectivity index (χ1v) is 5.86. The Balaban J connectivity index is 2.74. The molecule has 0 radical (unpaired) electrons. The maximum absolute atomic E-state index is 11.7. The van der Waals surface area contributed by atoms with E-state index in [1.807, 2.05) is 6.07 Å². The Labute approximate surface area is 109 Å². The van der Waals surface area contributed by atoms with Crippen LogP contribution < -0.4 is 5.32 Å². The fraction of sp³-hybridized carbons (Fsp3) is 0.250. The van der Waals surface area contributed by atoms with Crippen molar-refractivity contribution in [3.63, 3.8) is 0 Å². The third-order valence-corrected chi connectivity index (χ3v) is 3.19. The largest absolute Gasteiger partial charge is 0.357 e. The van der Waals surface area contributed by atoms with Crippen LogP contribution in [0.25, 0.3) is 11.0 Å². The predicted molar refractivity (Wildman–Crippen MR) is 70.6 cm³/mol. The Morgan fingerprint density at radius 2 is 2.33 bits per heavy atom. The lowest BCUT2D eigenvalue weighted by atomic mass is 10.2. The molecule has 6 heteroatoms. The summed E-state index contributed by atoms with van der Waals surface area (Å²) in [5.41, 5.74) is 1.94. The highest BCUT2D eigenvalue weighted by Gasteiger charge is 2.18. The zero-order chi connectivity index (χ0) is 13.3. The maximum atomic E-state index is 11.7. The minimum absolute atomic E-state index is 0.130. The molecule has 0 saturated heterocycles. The van der Waals surface area contributed by atoms with Gasteiger partial charge in [-0.25, -0.2) is 0 Å². The van der Waals surface area contributed by atoms with E-state index in [9.17, 15) is 4.79 Å². The number of H-pyrrole nitrogens is 1. The van der Waals surface area contributed by atoms with E-state index in [0.29, 0.717) is 15.9 Å². The van der Waals surface area contributed by atoms with Gasteiger partial charge in [-0.05, 0) is 31.3 Å². The number of imidazole rings is 1. The van der Waals surface area contributed by atoms with Crippen LogP contribution in [-0.2, 0) is 4.79 Å². The molecule has 0 fully saturated rings. The molecule has 1 unspecified atom stereocenters. The number of rotatable bonds is 2. The lowest BCUT2D eigenvalue weighted by Crippen LogP contribution is -2.27. The summed E-state index contributed by atoms with van der Waals surface area (Å²) < 4.78 is 2.15. The van der Waals surface area contributed by atoms with Crippen LogP contribution in [0.2, 0.25) is 0 Å². The molecule has 1 amide bonds. The van der Waals surface area contributed by atoms with E-state index in [4.69, 9.17) is 17.5 Å². The van der Waals surface area contributed by atoms with Gasteiger partial charge in [0.2, 0.25) is 5.91 Å². The molecule has 1 aromatic heterocycles. The van der Waals surface area contributed by atoms with Crippen molar-refractivity contribution < 1.29 is 4.79 Å². The fourth-order valence-corrected chi connectivity index (χ4v) is 2.31. The van der Waals surface area contributed by atoms with Crippen LogP contribution in [-0.4, -0.2) is 22.5 Å². The monoisotopic (exact) mass is 260 g/mol. The summed E-state index contributed by atoms with van der Waals surface area (Å²) in [6.45, 7) is 1.76. The molecule has 5 nitrogen and oxygen atoms in total. The minimum atomic E-state index is -0.426. The Hall–Kier alpha value is -2.13. The van der Waals surface area contributed by atoms with Gasteiger partial charge < -0.3 is 14.9 Å². The number of para-hydroxylation sites is 1. The van der Waals surface area contributed by atoms with Gasteiger partial charge in [-0.3, -0.25) is 4.79 Å². The highest BCUT2D eigenvalue weighted by molar-refractivity contribution is 7.71. The van der Waals surface area contributed by atoms with Gasteiger partial charge in [0.25, 0.3) is 0 Å². The number of carbonyl (C=O) groups excluding carboxylic acids is 1. The number of amides is 1. The van der Waals surface area contributed by atoms with E-state index < -0.39 is 6.04 Å². The number of nitrogens with one attached hydrogen (secondary N) is 2. The number of likely N-dealkylation sites (N-methyl/N-ethyl adjacent to an activating group) is 1. The van der Waals surface area contributed by atoms with Crippen LogP contribution in [0.3, 0.4) is 0 Å². The smallest absolute Gasteiger partial charge is 0.242 e. The molecule has 0 aliphatic carbocycles. The van der Waals surface area contributed by atoms with E-state index in [2.05, 4.69) is 16.4 Å². The van der Waals surface area contributed by atoms with Crippen LogP contribution in [0.15, 0.2) is 18.2 Å². The number of aromatic nitrogens is 2. The summed E-state index contributed by atoms with van der Waals surface area (Å²) in [5.74, 6) is -0.130. The lowest BCUT2D eigenvalue weighted by molar-refractivity contribution is -0.123. The molecule has 0 saturated carbocycles. The van der Waals surface area contributed by atoms with Crippen LogP contribution >= 0.6 is 12.2 Å². The summed E-state index contributed by atoms with van der Waals surface area (Å²) in [7, 11) is 1.58. The van der Waals surface area contributed by atoms with Crippen LogP contribution in [0.5, 0.6) is 0 Å². The number of hydrogen-bond acceptors (Lipinski definition) is 3. The summed E-state index contributed by atoms with van der Waals surface area (Å²) >= 11 is 5.22. The van der Waals surface area contributed by atoms with Crippen LogP contribution in [0.4, 0.5) is 0 Å². The van der Waals surface area contributed by atoms with Gasteiger partial charge in [0.05, 0.1) is 16.6 Å². The zero-order valence-corrected chi connectivity index (χ0v) is 10.8. The highest BCUT2D eigenvalue weighted by atomic mass is 32.1. The van der Waals surface area contributed by atoms with Gasteiger partial charge in [0.15, 0.2) is 4.77 Å². The second-order valence-electron chi connectivity index (χ2n) is 3.90. The molecular weight excluding hydrogens is 248 g/mol. The van der Waals surface area contributed by atoms with Crippen molar-refractivity contribution in [3.05, 3.63) is 28.5 Å². The van der Waals surface area contributed by atoms with E-state index in [-0.39, 0.29) is 5.91 Å². The molecule has 1 heterocycles. The number of aromatic amines is 1. The number of benzene rings is 1.